The average molecular weight is 457 g/mol. The number of carbonyl (C=O) groups is 1. The molecular weight excluding hydrogens is 428 g/mol. The SMILES string of the molecule is COc1ccccc1-n1c(SC(C)C(=O)NC2CCCCC2C)nnc1-c1cccs1. The molecule has 31 heavy (non-hydrogen) atoms. The summed E-state index contributed by atoms with van der Waals surface area (Å²) in [5, 5.41) is 14.6. The zero-order chi connectivity index (χ0) is 21.8. The third-order valence-electron chi connectivity index (χ3n) is 5.79. The number of aromatic nitrogens is 3. The van der Waals surface area contributed by atoms with Crippen molar-refractivity contribution in [1.29, 1.82) is 0 Å². The number of amides is 1. The van der Waals surface area contributed by atoms with Gasteiger partial charge in [0.25, 0.3) is 0 Å². The highest BCUT2D eigenvalue weighted by Gasteiger charge is 2.27. The van der Waals surface area contributed by atoms with Gasteiger partial charge in [-0.15, -0.1) is 21.5 Å². The predicted octanol–water partition coefficient (Wildman–Crippen LogP) is 5.18. The molecule has 1 N–H and O–H groups in total. The van der Waals surface area contributed by atoms with Gasteiger partial charge in [0, 0.05) is 6.04 Å². The molecule has 3 aromatic rings. The quantitative estimate of drug-likeness (QED) is 0.496. The lowest BCUT2D eigenvalue weighted by molar-refractivity contribution is -0.121. The van der Waals surface area contributed by atoms with Crippen LogP contribution in [0.15, 0.2) is 46.9 Å². The fourth-order valence-corrected chi connectivity index (χ4v) is 5.55. The molecule has 1 aliphatic carbocycles. The normalized spacial score (nSPS) is 19.7. The van der Waals surface area contributed by atoms with Crippen LogP contribution in [0, 0.1) is 5.92 Å². The first-order chi connectivity index (χ1) is 15.1. The molecule has 3 unspecified atom stereocenters. The maximum atomic E-state index is 13.0. The number of hydrogen-bond donors (Lipinski definition) is 1. The molecule has 0 spiro atoms. The molecule has 0 bridgehead atoms. The van der Waals surface area contributed by atoms with Gasteiger partial charge in [-0.2, -0.15) is 0 Å². The van der Waals surface area contributed by atoms with Crippen LogP contribution in [0.5, 0.6) is 5.75 Å². The van der Waals surface area contributed by atoms with Crippen LogP contribution >= 0.6 is 23.1 Å². The minimum Gasteiger partial charge on any atom is -0.495 e. The van der Waals surface area contributed by atoms with E-state index >= 15 is 0 Å². The molecule has 1 aromatic carbocycles. The zero-order valence-corrected chi connectivity index (χ0v) is 19.7. The number of hydrogen-bond acceptors (Lipinski definition) is 6. The summed E-state index contributed by atoms with van der Waals surface area (Å²) in [6.07, 6.45) is 4.68. The molecule has 3 atom stereocenters. The van der Waals surface area contributed by atoms with E-state index < -0.39 is 0 Å². The Hall–Kier alpha value is -2.32. The number of benzene rings is 1. The van der Waals surface area contributed by atoms with E-state index in [0.717, 1.165) is 28.6 Å². The first kappa shape index (κ1) is 21.9. The van der Waals surface area contributed by atoms with Gasteiger partial charge in [0.05, 0.1) is 22.9 Å². The largest absolute Gasteiger partial charge is 0.495 e. The van der Waals surface area contributed by atoms with Crippen molar-refractivity contribution in [3.63, 3.8) is 0 Å². The molecule has 2 heterocycles. The van der Waals surface area contributed by atoms with Crippen LogP contribution < -0.4 is 10.1 Å². The third kappa shape index (κ3) is 4.80. The van der Waals surface area contributed by atoms with Crippen molar-refractivity contribution in [2.24, 2.45) is 5.92 Å². The molecule has 2 aromatic heterocycles. The summed E-state index contributed by atoms with van der Waals surface area (Å²) >= 11 is 3.03. The van der Waals surface area contributed by atoms with Gasteiger partial charge >= 0.3 is 0 Å². The van der Waals surface area contributed by atoms with E-state index in [2.05, 4.69) is 22.4 Å². The van der Waals surface area contributed by atoms with Gasteiger partial charge < -0.3 is 10.1 Å². The van der Waals surface area contributed by atoms with E-state index in [4.69, 9.17) is 4.74 Å². The third-order valence-corrected chi connectivity index (χ3v) is 7.70. The molecule has 0 radical (unpaired) electrons. The zero-order valence-electron chi connectivity index (χ0n) is 18.1. The number of thioether (sulfide) groups is 1. The van der Waals surface area contributed by atoms with Crippen molar-refractivity contribution in [2.75, 3.05) is 7.11 Å². The van der Waals surface area contributed by atoms with Crippen LogP contribution in [-0.4, -0.2) is 39.1 Å². The molecule has 4 rings (SSSR count). The van der Waals surface area contributed by atoms with E-state index in [1.165, 1.54) is 31.0 Å². The van der Waals surface area contributed by atoms with Crippen molar-refractivity contribution in [3.8, 4) is 22.1 Å². The first-order valence-corrected chi connectivity index (χ1v) is 12.4. The standard InChI is InChI=1S/C23H28N4O2S2/c1-15-9-4-5-10-17(15)24-22(28)16(2)31-23-26-25-21(20-13-8-14-30-20)27(23)18-11-6-7-12-19(18)29-3/h6-8,11-17H,4-5,9-10H2,1-3H3,(H,24,28). The van der Waals surface area contributed by atoms with E-state index in [-0.39, 0.29) is 17.2 Å². The topological polar surface area (TPSA) is 69.0 Å². The number of nitrogens with zero attached hydrogens (tertiary/aromatic N) is 3. The Labute approximate surface area is 191 Å². The number of carbonyl (C=O) groups excluding carboxylic acids is 1. The maximum absolute atomic E-state index is 13.0. The Morgan fingerprint density at radius 1 is 1.23 bits per heavy atom. The van der Waals surface area contributed by atoms with Crippen molar-refractivity contribution in [3.05, 3.63) is 41.8 Å². The molecule has 8 heteroatoms. The Balaban J connectivity index is 1.62. The van der Waals surface area contributed by atoms with Crippen LogP contribution in [0.4, 0.5) is 0 Å². The molecule has 1 fully saturated rings. The Kier molecular flexibility index (Phi) is 6.97. The fourth-order valence-electron chi connectivity index (χ4n) is 3.99. The second-order valence-corrected chi connectivity index (χ2v) is 10.2. The number of para-hydroxylation sites is 2. The summed E-state index contributed by atoms with van der Waals surface area (Å²) in [6.45, 7) is 4.16. The average Bonchev–Trinajstić information content (AvgIpc) is 3.45. The summed E-state index contributed by atoms with van der Waals surface area (Å²) in [6, 6.07) is 12.1. The monoisotopic (exact) mass is 456 g/mol. The van der Waals surface area contributed by atoms with Crippen molar-refractivity contribution in [1.82, 2.24) is 20.1 Å². The fraction of sp³-hybridized carbons (Fsp3) is 0.435. The molecule has 0 saturated heterocycles. The number of ether oxygens (including phenoxy) is 1. The van der Waals surface area contributed by atoms with E-state index in [1.807, 2.05) is 53.3 Å². The smallest absolute Gasteiger partial charge is 0.233 e. The van der Waals surface area contributed by atoms with Gasteiger partial charge in [0.15, 0.2) is 11.0 Å². The van der Waals surface area contributed by atoms with E-state index in [1.54, 1.807) is 18.4 Å². The van der Waals surface area contributed by atoms with Gasteiger partial charge in [-0.3, -0.25) is 9.36 Å². The number of nitrogens with one attached hydrogen (secondary N) is 1. The lowest BCUT2D eigenvalue weighted by Crippen LogP contribution is -2.44. The van der Waals surface area contributed by atoms with Crippen molar-refractivity contribution < 1.29 is 9.53 Å². The van der Waals surface area contributed by atoms with Gasteiger partial charge in [-0.25, -0.2) is 0 Å². The van der Waals surface area contributed by atoms with Crippen LogP contribution in [-0.2, 0) is 4.79 Å². The van der Waals surface area contributed by atoms with Gasteiger partial charge in [-0.1, -0.05) is 49.7 Å². The van der Waals surface area contributed by atoms with Crippen LogP contribution in [0.2, 0.25) is 0 Å². The second-order valence-electron chi connectivity index (χ2n) is 7.93. The summed E-state index contributed by atoms with van der Waals surface area (Å²) in [4.78, 5) is 14.0. The molecule has 0 aliphatic heterocycles. The Morgan fingerprint density at radius 2 is 2.03 bits per heavy atom. The minimum absolute atomic E-state index is 0.0519. The Morgan fingerprint density at radius 3 is 2.77 bits per heavy atom. The number of methoxy groups -OCH3 is 1. The predicted molar refractivity (Wildman–Crippen MR) is 126 cm³/mol. The lowest BCUT2D eigenvalue weighted by atomic mass is 9.86. The van der Waals surface area contributed by atoms with Gasteiger partial charge in [0.1, 0.15) is 5.75 Å². The molecule has 1 amide bonds. The lowest BCUT2D eigenvalue weighted by Gasteiger charge is -2.30. The summed E-state index contributed by atoms with van der Waals surface area (Å²) in [5.74, 6) is 2.05. The van der Waals surface area contributed by atoms with Gasteiger partial charge in [-0.05, 0) is 49.3 Å². The highest BCUT2D eigenvalue weighted by molar-refractivity contribution is 8.00. The molecular formula is C23H28N4O2S2. The highest BCUT2D eigenvalue weighted by Crippen LogP contribution is 2.35. The van der Waals surface area contributed by atoms with Crippen LogP contribution in [0.1, 0.15) is 39.5 Å². The molecule has 164 valence electrons. The van der Waals surface area contributed by atoms with E-state index in [9.17, 15) is 4.79 Å². The first-order valence-electron chi connectivity index (χ1n) is 10.7. The molecule has 6 nitrogen and oxygen atoms in total. The second kappa shape index (κ2) is 9.87. The van der Waals surface area contributed by atoms with Crippen LogP contribution in [0.3, 0.4) is 0 Å². The molecule has 1 saturated carbocycles. The van der Waals surface area contributed by atoms with Crippen molar-refractivity contribution >= 4 is 29.0 Å². The maximum Gasteiger partial charge on any atom is 0.233 e. The number of rotatable bonds is 7. The van der Waals surface area contributed by atoms with Crippen molar-refractivity contribution in [2.45, 2.75) is 56.0 Å². The Bertz CT molecular complexity index is 1020. The van der Waals surface area contributed by atoms with Gasteiger partial charge in [0.2, 0.25) is 5.91 Å². The van der Waals surface area contributed by atoms with E-state index in [0.29, 0.717) is 11.1 Å². The summed E-state index contributed by atoms with van der Waals surface area (Å²) in [7, 11) is 1.65. The summed E-state index contributed by atoms with van der Waals surface area (Å²) in [5.41, 5.74) is 0.856. The van der Waals surface area contributed by atoms with Crippen LogP contribution in [0.25, 0.3) is 16.4 Å². The number of thiophene rings is 1. The summed E-state index contributed by atoms with van der Waals surface area (Å²) < 4.78 is 7.59. The molecule has 1 aliphatic rings. The highest BCUT2D eigenvalue weighted by atomic mass is 32.2. The minimum atomic E-state index is -0.289.